The standard InChI is InChI=1S/C33H39FOS/c1-3-5-7-8-9-10-11-12-14-26-19-22-29-28-21-20-27(23-30(28)33(36)35-32(29)31(26)34)25-17-15-24(16-18-25)13-6-4-2/h15-23H,3-14H2,1-2H3. The Morgan fingerprint density at radius 3 is 2.00 bits per heavy atom. The molecule has 0 aliphatic rings. The van der Waals surface area contributed by atoms with Gasteiger partial charge in [-0.15, -0.1) is 0 Å². The second-order valence-electron chi connectivity index (χ2n) is 10.1. The minimum absolute atomic E-state index is 0.254. The Morgan fingerprint density at radius 2 is 1.28 bits per heavy atom. The molecule has 0 aliphatic carbocycles. The van der Waals surface area contributed by atoms with Crippen LogP contribution in [0.1, 0.15) is 89.2 Å². The van der Waals surface area contributed by atoms with Gasteiger partial charge in [0.25, 0.3) is 0 Å². The van der Waals surface area contributed by atoms with E-state index in [4.69, 9.17) is 16.6 Å². The maximum absolute atomic E-state index is 15.4. The van der Waals surface area contributed by atoms with Gasteiger partial charge in [0.05, 0.1) is 0 Å². The van der Waals surface area contributed by atoms with Crippen molar-refractivity contribution in [3.63, 3.8) is 0 Å². The van der Waals surface area contributed by atoms with Crippen molar-refractivity contribution in [2.75, 3.05) is 0 Å². The normalized spacial score (nSPS) is 11.5. The summed E-state index contributed by atoms with van der Waals surface area (Å²) in [6.07, 6.45) is 14.2. The first-order chi connectivity index (χ1) is 17.6. The SMILES string of the molecule is CCCCCCCCCCc1ccc2c(oc(=S)c3cc(-c4ccc(CCCC)cc4)ccc32)c1F. The molecule has 0 atom stereocenters. The van der Waals surface area contributed by atoms with Crippen LogP contribution in [0.15, 0.2) is 59.0 Å². The third-order valence-electron chi connectivity index (χ3n) is 7.31. The first-order valence-electron chi connectivity index (χ1n) is 13.9. The van der Waals surface area contributed by atoms with Gasteiger partial charge in [-0.05, 0) is 71.6 Å². The van der Waals surface area contributed by atoms with Crippen LogP contribution in [0, 0.1) is 10.5 Å². The highest BCUT2D eigenvalue weighted by molar-refractivity contribution is 7.71. The lowest BCUT2D eigenvalue weighted by Gasteiger charge is -2.10. The lowest BCUT2D eigenvalue weighted by atomic mass is 9.97. The Bertz CT molecular complexity index is 1340. The molecule has 3 aromatic carbocycles. The summed E-state index contributed by atoms with van der Waals surface area (Å²) in [4.78, 5) is 0. The van der Waals surface area contributed by atoms with E-state index >= 15 is 4.39 Å². The maximum Gasteiger partial charge on any atom is 0.198 e. The van der Waals surface area contributed by atoms with Crippen molar-refractivity contribution < 1.29 is 8.81 Å². The molecule has 0 saturated carbocycles. The number of benzene rings is 3. The highest BCUT2D eigenvalue weighted by Gasteiger charge is 2.14. The van der Waals surface area contributed by atoms with Crippen molar-refractivity contribution in [1.29, 1.82) is 0 Å². The van der Waals surface area contributed by atoms with Crippen molar-refractivity contribution >= 4 is 34.0 Å². The highest BCUT2D eigenvalue weighted by atomic mass is 32.1. The highest BCUT2D eigenvalue weighted by Crippen LogP contribution is 2.33. The van der Waals surface area contributed by atoms with Crippen LogP contribution in [-0.2, 0) is 12.8 Å². The Morgan fingerprint density at radius 1 is 0.639 bits per heavy atom. The van der Waals surface area contributed by atoms with Crippen molar-refractivity contribution in [3.8, 4) is 11.1 Å². The minimum Gasteiger partial charge on any atom is -0.441 e. The number of unbranched alkanes of at least 4 members (excludes halogenated alkanes) is 8. The molecular weight excluding hydrogens is 463 g/mol. The van der Waals surface area contributed by atoms with E-state index in [2.05, 4.69) is 56.3 Å². The molecule has 0 N–H and O–H groups in total. The lowest BCUT2D eigenvalue weighted by Crippen LogP contribution is -1.94. The van der Waals surface area contributed by atoms with E-state index in [1.54, 1.807) is 0 Å². The summed E-state index contributed by atoms with van der Waals surface area (Å²) < 4.78 is 21.7. The number of hydrogen-bond donors (Lipinski definition) is 0. The molecule has 36 heavy (non-hydrogen) atoms. The smallest absolute Gasteiger partial charge is 0.198 e. The van der Waals surface area contributed by atoms with Crippen LogP contribution < -0.4 is 0 Å². The van der Waals surface area contributed by atoms with Gasteiger partial charge in [0.15, 0.2) is 16.1 Å². The Hall–Kier alpha value is -2.52. The Labute approximate surface area is 220 Å². The molecule has 0 unspecified atom stereocenters. The fraction of sp³-hybridized carbons (Fsp3) is 0.424. The Balaban J connectivity index is 1.51. The average Bonchev–Trinajstić information content (AvgIpc) is 2.90. The number of rotatable bonds is 13. The number of aryl methyl sites for hydroxylation is 2. The van der Waals surface area contributed by atoms with Crippen LogP contribution in [0.3, 0.4) is 0 Å². The third kappa shape index (κ3) is 6.42. The van der Waals surface area contributed by atoms with Crippen LogP contribution in [-0.4, -0.2) is 0 Å². The van der Waals surface area contributed by atoms with Gasteiger partial charge < -0.3 is 4.42 Å². The largest absolute Gasteiger partial charge is 0.441 e. The molecule has 4 rings (SSSR count). The van der Waals surface area contributed by atoms with Crippen molar-refractivity contribution in [2.45, 2.75) is 90.9 Å². The lowest BCUT2D eigenvalue weighted by molar-refractivity contribution is 0.533. The van der Waals surface area contributed by atoms with Crippen LogP contribution >= 0.6 is 12.2 Å². The summed E-state index contributed by atoms with van der Waals surface area (Å²) in [5.74, 6) is -0.254. The fourth-order valence-corrected chi connectivity index (χ4v) is 5.32. The quantitative estimate of drug-likeness (QED) is 0.102. The molecule has 1 heterocycles. The molecule has 3 heteroatoms. The summed E-state index contributed by atoms with van der Waals surface area (Å²) in [7, 11) is 0. The van der Waals surface area contributed by atoms with Gasteiger partial charge in [0, 0.05) is 10.8 Å². The van der Waals surface area contributed by atoms with E-state index in [-0.39, 0.29) is 11.4 Å². The van der Waals surface area contributed by atoms with E-state index < -0.39 is 0 Å². The second kappa shape index (κ2) is 13.1. The van der Waals surface area contributed by atoms with Crippen LogP contribution in [0.2, 0.25) is 0 Å². The monoisotopic (exact) mass is 502 g/mol. The zero-order valence-electron chi connectivity index (χ0n) is 21.9. The topological polar surface area (TPSA) is 13.1 Å². The van der Waals surface area contributed by atoms with E-state index in [0.29, 0.717) is 4.71 Å². The first kappa shape index (κ1) is 26.5. The molecule has 0 spiro atoms. The number of fused-ring (bicyclic) bond motifs is 3. The average molecular weight is 503 g/mol. The molecule has 0 saturated heterocycles. The first-order valence-corrected chi connectivity index (χ1v) is 14.3. The van der Waals surface area contributed by atoms with Crippen molar-refractivity contribution in [1.82, 2.24) is 0 Å². The van der Waals surface area contributed by atoms with E-state index in [9.17, 15) is 0 Å². The van der Waals surface area contributed by atoms with E-state index in [1.807, 2.05) is 12.1 Å². The molecule has 0 fully saturated rings. The van der Waals surface area contributed by atoms with Gasteiger partial charge in [-0.2, -0.15) is 0 Å². The number of halogens is 1. The maximum atomic E-state index is 15.4. The summed E-state index contributed by atoms with van der Waals surface area (Å²) in [5.41, 5.74) is 4.63. The minimum atomic E-state index is -0.254. The van der Waals surface area contributed by atoms with Gasteiger partial charge in [-0.1, -0.05) is 114 Å². The number of hydrogen-bond acceptors (Lipinski definition) is 2. The zero-order valence-corrected chi connectivity index (χ0v) is 22.7. The zero-order chi connectivity index (χ0) is 25.3. The van der Waals surface area contributed by atoms with Crippen molar-refractivity contribution in [2.24, 2.45) is 0 Å². The van der Waals surface area contributed by atoms with Crippen molar-refractivity contribution in [3.05, 3.63) is 76.2 Å². The van der Waals surface area contributed by atoms with Gasteiger partial charge in [0.2, 0.25) is 0 Å². The second-order valence-corrected chi connectivity index (χ2v) is 10.5. The summed E-state index contributed by atoms with van der Waals surface area (Å²) >= 11 is 5.59. The summed E-state index contributed by atoms with van der Waals surface area (Å²) in [5, 5.41) is 2.60. The van der Waals surface area contributed by atoms with Crippen LogP contribution in [0.4, 0.5) is 4.39 Å². The van der Waals surface area contributed by atoms with E-state index in [1.165, 1.54) is 56.9 Å². The van der Waals surface area contributed by atoms with Gasteiger partial charge in [0.1, 0.15) is 0 Å². The van der Waals surface area contributed by atoms with Gasteiger partial charge >= 0.3 is 0 Å². The fourth-order valence-electron chi connectivity index (χ4n) is 5.07. The predicted octanol–water partition coefficient (Wildman–Crippen LogP) is 11.1. The molecule has 190 valence electrons. The van der Waals surface area contributed by atoms with Gasteiger partial charge in [-0.25, -0.2) is 4.39 Å². The predicted molar refractivity (Wildman–Crippen MR) is 155 cm³/mol. The molecule has 0 bridgehead atoms. The van der Waals surface area contributed by atoms with Crippen LogP contribution in [0.5, 0.6) is 0 Å². The summed E-state index contributed by atoms with van der Waals surface area (Å²) in [6, 6.07) is 18.9. The third-order valence-corrected chi connectivity index (χ3v) is 7.61. The molecular formula is C33H39FOS. The molecule has 4 aromatic rings. The van der Waals surface area contributed by atoms with E-state index in [0.717, 1.165) is 58.5 Å². The summed E-state index contributed by atoms with van der Waals surface area (Å²) in [6.45, 7) is 4.46. The van der Waals surface area contributed by atoms with Crippen LogP contribution in [0.25, 0.3) is 32.9 Å². The molecule has 1 aromatic heterocycles. The molecule has 1 nitrogen and oxygen atoms in total. The molecule has 0 radical (unpaired) electrons. The Kier molecular flexibility index (Phi) is 9.69. The molecule has 0 aliphatic heterocycles. The molecule has 0 amide bonds. The van der Waals surface area contributed by atoms with Gasteiger partial charge in [-0.3, -0.25) is 0 Å².